The van der Waals surface area contributed by atoms with Crippen LogP contribution in [0.4, 0.5) is 10.1 Å². The van der Waals surface area contributed by atoms with Gasteiger partial charge in [0.15, 0.2) is 0 Å². The maximum Gasteiger partial charge on any atom is 0.228 e. The molecule has 1 saturated heterocycles. The van der Waals surface area contributed by atoms with Gasteiger partial charge in [-0.05, 0) is 74.5 Å². The summed E-state index contributed by atoms with van der Waals surface area (Å²) in [5.74, 6) is 2.33. The third-order valence-corrected chi connectivity index (χ3v) is 7.91. The second-order valence-electron chi connectivity index (χ2n) is 10.1. The monoisotopic (exact) mass is 413 g/mol. The maximum atomic E-state index is 13.5. The first-order valence-electron chi connectivity index (χ1n) is 11.6. The highest BCUT2D eigenvalue weighted by Gasteiger charge is 2.55. The van der Waals surface area contributed by atoms with E-state index in [0.717, 1.165) is 63.2 Å². The average Bonchev–Trinajstić information content (AvgIpc) is 2.71. The zero-order chi connectivity index (χ0) is 20.7. The molecule has 0 atom stereocenters. The molecule has 1 aromatic carbocycles. The number of amides is 2. The number of nitrogens with one attached hydrogen (secondary N) is 1. The maximum absolute atomic E-state index is 13.5. The van der Waals surface area contributed by atoms with Gasteiger partial charge in [-0.3, -0.25) is 14.5 Å². The number of carbonyl (C=O) groups is 2. The van der Waals surface area contributed by atoms with E-state index in [0.29, 0.717) is 24.6 Å². The first-order valence-corrected chi connectivity index (χ1v) is 11.6. The summed E-state index contributed by atoms with van der Waals surface area (Å²) in [5, 5.41) is 2.75. The summed E-state index contributed by atoms with van der Waals surface area (Å²) >= 11 is 0. The minimum Gasteiger partial charge on any atom is -0.340 e. The average molecular weight is 414 g/mol. The normalized spacial score (nSPS) is 33.0. The van der Waals surface area contributed by atoms with Gasteiger partial charge in [0.1, 0.15) is 5.82 Å². The predicted molar refractivity (Wildman–Crippen MR) is 113 cm³/mol. The zero-order valence-electron chi connectivity index (χ0n) is 17.6. The van der Waals surface area contributed by atoms with Crippen LogP contribution in [-0.4, -0.2) is 54.3 Å². The van der Waals surface area contributed by atoms with Crippen LogP contribution in [0.1, 0.15) is 44.9 Å². The van der Waals surface area contributed by atoms with Crippen LogP contribution in [0.15, 0.2) is 24.3 Å². The largest absolute Gasteiger partial charge is 0.340 e. The van der Waals surface area contributed by atoms with E-state index in [1.165, 1.54) is 31.4 Å². The fourth-order valence-electron chi connectivity index (χ4n) is 6.93. The van der Waals surface area contributed by atoms with Crippen LogP contribution in [-0.2, 0) is 9.59 Å². The molecule has 0 radical (unpaired) electrons. The summed E-state index contributed by atoms with van der Waals surface area (Å²) < 4.78 is 13.2. The first kappa shape index (κ1) is 20.0. The van der Waals surface area contributed by atoms with Gasteiger partial charge < -0.3 is 10.2 Å². The first-order chi connectivity index (χ1) is 14.5. The van der Waals surface area contributed by atoms with Gasteiger partial charge in [-0.2, -0.15) is 0 Å². The number of piperazine rings is 1. The Balaban J connectivity index is 1.09. The van der Waals surface area contributed by atoms with Crippen LogP contribution >= 0.6 is 0 Å². The third kappa shape index (κ3) is 3.98. The van der Waals surface area contributed by atoms with E-state index in [-0.39, 0.29) is 17.1 Å². The molecule has 5 nitrogen and oxygen atoms in total. The molecule has 4 saturated carbocycles. The fourth-order valence-corrected chi connectivity index (χ4v) is 6.93. The number of hydrogen-bond donors (Lipinski definition) is 1. The second kappa shape index (κ2) is 7.95. The predicted octanol–water partition coefficient (Wildman–Crippen LogP) is 3.51. The van der Waals surface area contributed by atoms with E-state index < -0.39 is 0 Å². The third-order valence-electron chi connectivity index (χ3n) is 7.91. The number of carbonyl (C=O) groups excluding carboxylic acids is 2. The molecule has 6 rings (SSSR count). The Morgan fingerprint density at radius 1 is 1.00 bits per heavy atom. The molecule has 0 unspecified atom stereocenters. The number of hydrogen-bond acceptors (Lipinski definition) is 3. The van der Waals surface area contributed by atoms with Crippen LogP contribution in [0.5, 0.6) is 0 Å². The molecule has 0 spiro atoms. The van der Waals surface area contributed by atoms with E-state index >= 15 is 0 Å². The molecule has 6 heteroatoms. The Labute approximate surface area is 178 Å². The molecule has 2 amide bonds. The molecule has 0 aromatic heterocycles. The van der Waals surface area contributed by atoms with Crippen LogP contribution in [0.2, 0.25) is 0 Å². The van der Waals surface area contributed by atoms with Crippen molar-refractivity contribution in [2.75, 3.05) is 38.0 Å². The van der Waals surface area contributed by atoms with Gasteiger partial charge in [0, 0.05) is 44.8 Å². The van der Waals surface area contributed by atoms with Crippen molar-refractivity contribution in [2.45, 2.75) is 44.9 Å². The Kier molecular flexibility index (Phi) is 5.30. The lowest BCUT2D eigenvalue weighted by atomic mass is 9.49. The van der Waals surface area contributed by atoms with Crippen LogP contribution in [0.25, 0.3) is 0 Å². The van der Waals surface area contributed by atoms with Crippen LogP contribution in [0, 0.1) is 29.0 Å². The number of benzene rings is 1. The lowest BCUT2D eigenvalue weighted by Crippen LogP contribution is -2.58. The molecule has 30 heavy (non-hydrogen) atoms. The highest BCUT2D eigenvalue weighted by Crippen LogP contribution is 2.60. The second-order valence-corrected chi connectivity index (χ2v) is 10.1. The summed E-state index contributed by atoms with van der Waals surface area (Å²) in [6.45, 7) is 3.86. The van der Waals surface area contributed by atoms with Gasteiger partial charge in [0.2, 0.25) is 11.8 Å². The van der Waals surface area contributed by atoms with Crippen molar-refractivity contribution in [3.63, 3.8) is 0 Å². The van der Waals surface area contributed by atoms with E-state index in [4.69, 9.17) is 0 Å². The van der Waals surface area contributed by atoms with E-state index in [9.17, 15) is 14.0 Å². The number of nitrogens with zero attached hydrogens (tertiary/aromatic N) is 2. The van der Waals surface area contributed by atoms with Crippen molar-refractivity contribution in [1.29, 1.82) is 0 Å². The number of rotatable bonds is 5. The number of halogens is 1. The minimum absolute atomic E-state index is 0.0538. The van der Waals surface area contributed by atoms with Gasteiger partial charge in [0.05, 0.1) is 5.41 Å². The molecule has 1 heterocycles. The summed E-state index contributed by atoms with van der Waals surface area (Å²) in [6.07, 6.45) is 7.82. The summed E-state index contributed by atoms with van der Waals surface area (Å²) in [6, 6.07) is 5.97. The Morgan fingerprint density at radius 2 is 1.63 bits per heavy atom. The smallest absolute Gasteiger partial charge is 0.228 e. The Hall–Kier alpha value is -1.95. The molecule has 4 bridgehead atoms. The highest BCUT2D eigenvalue weighted by atomic mass is 19.1. The number of anilines is 1. The van der Waals surface area contributed by atoms with Crippen molar-refractivity contribution in [1.82, 2.24) is 9.80 Å². The van der Waals surface area contributed by atoms with Gasteiger partial charge in [0.25, 0.3) is 0 Å². The minimum atomic E-state index is -0.354. The van der Waals surface area contributed by atoms with Crippen molar-refractivity contribution >= 4 is 17.5 Å². The molecular formula is C24H32FN3O2. The Bertz CT molecular complexity index is 783. The quantitative estimate of drug-likeness (QED) is 0.804. The van der Waals surface area contributed by atoms with E-state index in [1.54, 1.807) is 12.1 Å². The van der Waals surface area contributed by atoms with Crippen LogP contribution < -0.4 is 5.32 Å². The molecule has 4 aliphatic carbocycles. The van der Waals surface area contributed by atoms with E-state index in [2.05, 4.69) is 15.1 Å². The molecule has 5 fully saturated rings. The molecule has 162 valence electrons. The Morgan fingerprint density at radius 3 is 2.23 bits per heavy atom. The summed E-state index contributed by atoms with van der Waals surface area (Å²) in [7, 11) is 0. The van der Waals surface area contributed by atoms with Gasteiger partial charge >= 0.3 is 0 Å². The molecule has 1 aliphatic heterocycles. The zero-order valence-corrected chi connectivity index (χ0v) is 17.6. The van der Waals surface area contributed by atoms with E-state index in [1.807, 2.05) is 0 Å². The van der Waals surface area contributed by atoms with Crippen LogP contribution in [0.3, 0.4) is 0 Å². The van der Waals surface area contributed by atoms with Crippen molar-refractivity contribution in [2.24, 2.45) is 23.2 Å². The van der Waals surface area contributed by atoms with Gasteiger partial charge in [-0.15, -0.1) is 0 Å². The lowest BCUT2D eigenvalue weighted by molar-refractivity contribution is -0.159. The summed E-state index contributed by atoms with van der Waals surface area (Å²) in [4.78, 5) is 30.0. The van der Waals surface area contributed by atoms with Gasteiger partial charge in [-0.25, -0.2) is 4.39 Å². The molecule has 5 aliphatic rings. The van der Waals surface area contributed by atoms with Crippen molar-refractivity contribution in [3.8, 4) is 0 Å². The molecule has 1 N–H and O–H groups in total. The SMILES string of the molecule is O=C(CCN1CCN(C(=O)C23CC4CC(CC(C4)C2)C3)CC1)Nc1cccc(F)c1. The standard InChI is InChI=1S/C24H32FN3O2/c25-20-2-1-3-21(13-20)26-22(29)4-5-27-6-8-28(9-7-27)23(30)24-14-17-10-18(15-24)12-19(11-17)16-24/h1-3,13,17-19H,4-12,14-16H2,(H,26,29). The summed E-state index contributed by atoms with van der Waals surface area (Å²) in [5.41, 5.74) is 0.438. The highest BCUT2D eigenvalue weighted by molar-refractivity contribution is 5.90. The molecule has 1 aromatic rings. The van der Waals surface area contributed by atoms with Crippen molar-refractivity contribution in [3.05, 3.63) is 30.1 Å². The lowest BCUT2D eigenvalue weighted by Gasteiger charge is -2.57. The molecular weight excluding hydrogens is 381 g/mol. The fraction of sp³-hybridized carbons (Fsp3) is 0.667. The van der Waals surface area contributed by atoms with Crippen molar-refractivity contribution < 1.29 is 14.0 Å². The van der Waals surface area contributed by atoms with Gasteiger partial charge in [-0.1, -0.05) is 6.07 Å². The topological polar surface area (TPSA) is 52.7 Å².